The SMILES string of the molecule is Cc1cc(NN)c(C(=O)NCC2CCCOC2)cn1. The van der Waals surface area contributed by atoms with Crippen molar-refractivity contribution in [1.29, 1.82) is 0 Å². The summed E-state index contributed by atoms with van der Waals surface area (Å²) in [7, 11) is 0. The first-order chi connectivity index (χ1) is 9.20. The van der Waals surface area contributed by atoms with Gasteiger partial charge in [0.2, 0.25) is 0 Å². The van der Waals surface area contributed by atoms with Crippen LogP contribution >= 0.6 is 0 Å². The van der Waals surface area contributed by atoms with Crippen LogP contribution in [0.5, 0.6) is 0 Å². The zero-order valence-corrected chi connectivity index (χ0v) is 11.1. The van der Waals surface area contributed by atoms with Crippen LogP contribution in [-0.2, 0) is 4.74 Å². The monoisotopic (exact) mass is 264 g/mol. The largest absolute Gasteiger partial charge is 0.381 e. The van der Waals surface area contributed by atoms with E-state index in [0.717, 1.165) is 25.1 Å². The van der Waals surface area contributed by atoms with Crippen molar-refractivity contribution < 1.29 is 9.53 Å². The summed E-state index contributed by atoms with van der Waals surface area (Å²) in [6, 6.07) is 1.75. The first-order valence-electron chi connectivity index (χ1n) is 6.50. The third kappa shape index (κ3) is 3.65. The van der Waals surface area contributed by atoms with Crippen LogP contribution in [0.2, 0.25) is 0 Å². The van der Waals surface area contributed by atoms with Crippen LogP contribution in [0, 0.1) is 12.8 Å². The minimum atomic E-state index is -0.161. The molecule has 1 unspecified atom stereocenters. The number of hydrogen-bond acceptors (Lipinski definition) is 5. The van der Waals surface area contributed by atoms with Crippen LogP contribution in [-0.4, -0.2) is 30.6 Å². The number of carbonyl (C=O) groups excluding carboxylic acids is 1. The second-order valence-electron chi connectivity index (χ2n) is 4.81. The highest BCUT2D eigenvalue weighted by molar-refractivity contribution is 5.99. The number of nitrogens with one attached hydrogen (secondary N) is 2. The van der Waals surface area contributed by atoms with E-state index in [1.165, 1.54) is 6.20 Å². The van der Waals surface area contributed by atoms with E-state index < -0.39 is 0 Å². The van der Waals surface area contributed by atoms with Gasteiger partial charge in [-0.1, -0.05) is 0 Å². The highest BCUT2D eigenvalue weighted by Crippen LogP contribution is 2.15. The zero-order valence-electron chi connectivity index (χ0n) is 11.1. The van der Waals surface area contributed by atoms with Gasteiger partial charge in [0.25, 0.3) is 5.91 Å². The van der Waals surface area contributed by atoms with E-state index in [4.69, 9.17) is 10.6 Å². The third-order valence-electron chi connectivity index (χ3n) is 3.25. The number of nitrogens with two attached hydrogens (primary N) is 1. The standard InChI is InChI=1S/C13H20N4O2/c1-9-5-12(17-14)11(7-15-9)13(18)16-6-10-3-2-4-19-8-10/h5,7,10H,2-4,6,8,14H2,1H3,(H,15,17)(H,16,18). The smallest absolute Gasteiger partial charge is 0.255 e. The lowest BCUT2D eigenvalue weighted by atomic mass is 10.0. The second kappa shape index (κ2) is 6.49. The number of amides is 1. The molecule has 19 heavy (non-hydrogen) atoms. The lowest BCUT2D eigenvalue weighted by Gasteiger charge is -2.22. The molecule has 4 N–H and O–H groups in total. The summed E-state index contributed by atoms with van der Waals surface area (Å²) in [6.45, 7) is 4.01. The van der Waals surface area contributed by atoms with E-state index in [1.54, 1.807) is 6.07 Å². The van der Waals surface area contributed by atoms with Gasteiger partial charge < -0.3 is 15.5 Å². The van der Waals surface area contributed by atoms with Crippen molar-refractivity contribution in [1.82, 2.24) is 10.3 Å². The van der Waals surface area contributed by atoms with E-state index >= 15 is 0 Å². The fourth-order valence-electron chi connectivity index (χ4n) is 2.16. The van der Waals surface area contributed by atoms with Crippen molar-refractivity contribution in [2.24, 2.45) is 11.8 Å². The van der Waals surface area contributed by atoms with E-state index in [0.29, 0.717) is 30.3 Å². The van der Waals surface area contributed by atoms with E-state index in [1.807, 2.05) is 6.92 Å². The highest BCUT2D eigenvalue weighted by atomic mass is 16.5. The molecule has 0 aliphatic carbocycles. The second-order valence-corrected chi connectivity index (χ2v) is 4.81. The van der Waals surface area contributed by atoms with Crippen molar-refractivity contribution in [2.75, 3.05) is 25.2 Å². The molecule has 1 aromatic heterocycles. The number of aryl methyl sites for hydroxylation is 1. The van der Waals surface area contributed by atoms with Gasteiger partial charge in [-0.25, -0.2) is 0 Å². The van der Waals surface area contributed by atoms with Crippen molar-refractivity contribution in [3.63, 3.8) is 0 Å². The maximum absolute atomic E-state index is 12.1. The molecule has 1 atom stereocenters. The summed E-state index contributed by atoms with van der Waals surface area (Å²) in [5.41, 5.74) is 4.39. The topological polar surface area (TPSA) is 89.3 Å². The van der Waals surface area contributed by atoms with Gasteiger partial charge in [-0.05, 0) is 31.7 Å². The van der Waals surface area contributed by atoms with Gasteiger partial charge in [0.15, 0.2) is 0 Å². The number of hydrazine groups is 1. The Balaban J connectivity index is 1.95. The van der Waals surface area contributed by atoms with E-state index in [-0.39, 0.29) is 5.91 Å². The maximum atomic E-state index is 12.1. The number of rotatable bonds is 4. The Morgan fingerprint density at radius 2 is 2.47 bits per heavy atom. The molecule has 1 fully saturated rings. The van der Waals surface area contributed by atoms with Crippen molar-refractivity contribution in [2.45, 2.75) is 19.8 Å². The van der Waals surface area contributed by atoms with Crippen LogP contribution in [0.4, 0.5) is 5.69 Å². The molecule has 2 heterocycles. The number of anilines is 1. The molecule has 0 saturated carbocycles. The van der Waals surface area contributed by atoms with Crippen molar-refractivity contribution in [3.05, 3.63) is 23.5 Å². The fraction of sp³-hybridized carbons (Fsp3) is 0.538. The molecule has 1 aliphatic heterocycles. The lowest BCUT2D eigenvalue weighted by molar-refractivity contribution is 0.0536. The van der Waals surface area contributed by atoms with Gasteiger partial charge in [-0.15, -0.1) is 0 Å². The molecular weight excluding hydrogens is 244 g/mol. The summed E-state index contributed by atoms with van der Waals surface area (Å²) in [4.78, 5) is 16.2. The average Bonchev–Trinajstić information content (AvgIpc) is 2.45. The van der Waals surface area contributed by atoms with Gasteiger partial charge >= 0.3 is 0 Å². The molecule has 0 spiro atoms. The number of nitrogen functional groups attached to an aromatic ring is 1. The van der Waals surface area contributed by atoms with E-state index in [2.05, 4.69) is 15.7 Å². The van der Waals surface area contributed by atoms with Crippen LogP contribution in [0.1, 0.15) is 28.9 Å². The molecule has 1 aromatic rings. The summed E-state index contributed by atoms with van der Waals surface area (Å²) < 4.78 is 5.38. The Kier molecular flexibility index (Phi) is 4.70. The predicted octanol–water partition coefficient (Wildman–Crippen LogP) is 0.832. The van der Waals surface area contributed by atoms with Gasteiger partial charge in [0.05, 0.1) is 17.9 Å². The van der Waals surface area contributed by atoms with Gasteiger partial charge in [0, 0.05) is 25.0 Å². The summed E-state index contributed by atoms with van der Waals surface area (Å²) in [6.07, 6.45) is 3.69. The van der Waals surface area contributed by atoms with E-state index in [9.17, 15) is 4.79 Å². The molecule has 1 aliphatic rings. The molecule has 6 nitrogen and oxygen atoms in total. The van der Waals surface area contributed by atoms with Crippen LogP contribution in [0.3, 0.4) is 0 Å². The fourth-order valence-corrected chi connectivity index (χ4v) is 2.16. The molecule has 104 valence electrons. The third-order valence-corrected chi connectivity index (χ3v) is 3.25. The Hall–Kier alpha value is -1.66. The van der Waals surface area contributed by atoms with Gasteiger partial charge in [-0.2, -0.15) is 0 Å². The maximum Gasteiger partial charge on any atom is 0.255 e. The quantitative estimate of drug-likeness (QED) is 0.553. The molecule has 0 radical (unpaired) electrons. The number of ether oxygens (including phenoxy) is 1. The number of hydrogen-bond donors (Lipinski definition) is 3. The Morgan fingerprint density at radius 1 is 1.63 bits per heavy atom. The van der Waals surface area contributed by atoms with Crippen LogP contribution in [0.25, 0.3) is 0 Å². The molecule has 0 bridgehead atoms. The summed E-state index contributed by atoms with van der Waals surface area (Å²) in [5.74, 6) is 5.65. The first kappa shape index (κ1) is 13.8. The number of aromatic nitrogens is 1. The minimum Gasteiger partial charge on any atom is -0.381 e. The van der Waals surface area contributed by atoms with Gasteiger partial charge in [0.1, 0.15) is 0 Å². The van der Waals surface area contributed by atoms with Crippen molar-refractivity contribution in [3.8, 4) is 0 Å². The van der Waals surface area contributed by atoms with Crippen LogP contribution < -0.4 is 16.6 Å². The molecule has 1 saturated heterocycles. The van der Waals surface area contributed by atoms with Crippen LogP contribution in [0.15, 0.2) is 12.3 Å². The summed E-state index contributed by atoms with van der Waals surface area (Å²) >= 11 is 0. The van der Waals surface area contributed by atoms with Crippen molar-refractivity contribution >= 4 is 11.6 Å². The summed E-state index contributed by atoms with van der Waals surface area (Å²) in [5, 5.41) is 2.91. The number of pyridine rings is 1. The lowest BCUT2D eigenvalue weighted by Crippen LogP contribution is -2.33. The first-order valence-corrected chi connectivity index (χ1v) is 6.50. The zero-order chi connectivity index (χ0) is 13.7. The number of nitrogens with zero attached hydrogens (tertiary/aromatic N) is 1. The van der Waals surface area contributed by atoms with Gasteiger partial charge in [-0.3, -0.25) is 15.6 Å². The highest BCUT2D eigenvalue weighted by Gasteiger charge is 2.17. The Bertz CT molecular complexity index is 444. The molecule has 1 amide bonds. The molecular formula is C13H20N4O2. The number of carbonyl (C=O) groups is 1. The molecule has 2 rings (SSSR count). The molecule has 6 heteroatoms. The Labute approximate surface area is 112 Å². The Morgan fingerprint density at radius 3 is 3.16 bits per heavy atom. The predicted molar refractivity (Wildman–Crippen MR) is 72.7 cm³/mol. The molecule has 0 aromatic carbocycles. The minimum absolute atomic E-state index is 0.161. The normalized spacial score (nSPS) is 18.9. The average molecular weight is 264 g/mol.